The molecular formula is C43H49BrFN10O4P. The summed E-state index contributed by atoms with van der Waals surface area (Å²) < 4.78 is 36.8. The van der Waals surface area contributed by atoms with Crippen LogP contribution in [0.1, 0.15) is 37.2 Å². The molecule has 3 saturated heterocycles. The lowest BCUT2D eigenvalue weighted by Crippen LogP contribution is -2.53. The Balaban J connectivity index is 0.949. The highest BCUT2D eigenvalue weighted by Crippen LogP contribution is 2.42. The second-order valence-corrected chi connectivity index (χ2v) is 20.0. The van der Waals surface area contributed by atoms with Crippen LogP contribution in [0.2, 0.25) is 0 Å². The molecule has 60 heavy (non-hydrogen) atoms. The molecule has 0 aliphatic carbocycles. The number of benzene rings is 3. The lowest BCUT2D eigenvalue weighted by Gasteiger charge is -2.44. The Morgan fingerprint density at radius 3 is 2.37 bits per heavy atom. The van der Waals surface area contributed by atoms with Gasteiger partial charge in [-0.15, -0.1) is 0 Å². The fourth-order valence-corrected chi connectivity index (χ4v) is 9.95. The Morgan fingerprint density at radius 1 is 0.917 bits per heavy atom. The number of nitrogens with zero attached hydrogens (tertiary/aromatic N) is 7. The molecule has 3 N–H and O–H groups in total. The van der Waals surface area contributed by atoms with E-state index in [0.29, 0.717) is 45.7 Å². The van der Waals surface area contributed by atoms with Crippen molar-refractivity contribution >= 4 is 74.7 Å². The molecule has 1 unspecified atom stereocenters. The number of para-hydroxylation sites is 1. The summed E-state index contributed by atoms with van der Waals surface area (Å²) >= 11 is 3.58. The van der Waals surface area contributed by atoms with Gasteiger partial charge in [0.1, 0.15) is 24.5 Å². The maximum Gasteiger partial charge on any atom is 0.234 e. The zero-order valence-electron chi connectivity index (χ0n) is 34.1. The quantitative estimate of drug-likeness (QED) is 0.0943. The van der Waals surface area contributed by atoms with E-state index in [-0.39, 0.29) is 12.3 Å². The minimum Gasteiger partial charge on any atom is -0.494 e. The Morgan fingerprint density at radius 2 is 1.68 bits per heavy atom. The van der Waals surface area contributed by atoms with E-state index in [9.17, 15) is 14.2 Å². The van der Waals surface area contributed by atoms with Crippen LogP contribution in [0.3, 0.4) is 0 Å². The number of carbonyl (C=O) groups excluding carboxylic acids is 2. The minimum absolute atomic E-state index is 0.216. The first-order valence-corrected chi connectivity index (χ1v) is 23.5. The number of hydrogen-bond donors (Lipinski definition) is 3. The van der Waals surface area contributed by atoms with E-state index in [1.165, 1.54) is 6.07 Å². The smallest absolute Gasteiger partial charge is 0.234 e. The van der Waals surface area contributed by atoms with E-state index in [0.717, 1.165) is 85.6 Å². The number of imide groups is 1. The van der Waals surface area contributed by atoms with Gasteiger partial charge in [-0.25, -0.2) is 9.37 Å². The number of amides is 2. The molecular weight excluding hydrogens is 850 g/mol. The van der Waals surface area contributed by atoms with E-state index >= 15 is 4.39 Å². The third-order valence-electron chi connectivity index (χ3n) is 11.7. The van der Waals surface area contributed by atoms with Crippen LogP contribution in [0.4, 0.5) is 38.9 Å². The monoisotopic (exact) mass is 898 g/mol. The first kappa shape index (κ1) is 41.4. The van der Waals surface area contributed by atoms with Gasteiger partial charge in [-0.3, -0.25) is 24.5 Å². The number of rotatable bonds is 11. The molecule has 5 heterocycles. The van der Waals surface area contributed by atoms with Crippen molar-refractivity contribution in [3.05, 3.63) is 89.0 Å². The van der Waals surface area contributed by atoms with Crippen LogP contribution in [0.25, 0.3) is 11.1 Å². The maximum absolute atomic E-state index is 15.3. The first-order chi connectivity index (χ1) is 28.8. The Bertz CT molecular complexity index is 2460. The van der Waals surface area contributed by atoms with Crippen LogP contribution in [0, 0.1) is 5.82 Å². The van der Waals surface area contributed by atoms with Crippen LogP contribution in [0.15, 0.2) is 77.7 Å². The Hall–Kier alpha value is -5.31. The van der Waals surface area contributed by atoms with Gasteiger partial charge in [0.2, 0.25) is 17.8 Å². The Labute approximate surface area is 357 Å². The number of piperazine rings is 1. The average molecular weight is 900 g/mol. The number of piperidine rings is 2. The maximum atomic E-state index is 15.3. The zero-order chi connectivity index (χ0) is 42.1. The lowest BCUT2D eigenvalue weighted by atomic mass is 9.90. The molecule has 8 rings (SSSR count). The van der Waals surface area contributed by atoms with Gasteiger partial charge in [-0.1, -0.05) is 18.2 Å². The molecule has 2 aromatic heterocycles. The largest absolute Gasteiger partial charge is 0.494 e. The van der Waals surface area contributed by atoms with Gasteiger partial charge in [-0.05, 0) is 78.9 Å². The summed E-state index contributed by atoms with van der Waals surface area (Å²) in [6.45, 7) is 8.51. The Kier molecular flexibility index (Phi) is 12.0. The van der Waals surface area contributed by atoms with Crippen LogP contribution in [-0.4, -0.2) is 102 Å². The molecule has 2 amide bonds. The van der Waals surface area contributed by atoms with Crippen LogP contribution in [0.5, 0.6) is 5.75 Å². The molecule has 14 nitrogen and oxygen atoms in total. The third-order valence-corrected chi connectivity index (χ3v) is 13.8. The van der Waals surface area contributed by atoms with Gasteiger partial charge >= 0.3 is 0 Å². The van der Waals surface area contributed by atoms with Gasteiger partial charge < -0.3 is 29.7 Å². The van der Waals surface area contributed by atoms with Gasteiger partial charge in [0.05, 0.1) is 35.1 Å². The highest BCUT2D eigenvalue weighted by Gasteiger charge is 2.32. The van der Waals surface area contributed by atoms with E-state index in [2.05, 4.69) is 68.8 Å². The SMILES string of the molecule is COc1cc(N2CCC(N3CCN(c4ccc(C5CCC(=O)NC5=O)c(F)c4)CC3)CC2)c(-c2cnn(C)c2)cc1Nc1ncc(Br)c(Nc2ccccc2P(C)(C)=O)n1. The molecule has 3 aliphatic heterocycles. The minimum atomic E-state index is -2.56. The summed E-state index contributed by atoms with van der Waals surface area (Å²) in [4.78, 5) is 40.5. The lowest BCUT2D eigenvalue weighted by molar-refractivity contribution is -0.134. The molecule has 1 atom stereocenters. The zero-order valence-corrected chi connectivity index (χ0v) is 36.6. The second-order valence-electron chi connectivity index (χ2n) is 15.9. The highest BCUT2D eigenvalue weighted by molar-refractivity contribution is 9.10. The van der Waals surface area contributed by atoms with Gasteiger partial charge in [0, 0.05) is 111 Å². The normalized spacial score (nSPS) is 18.1. The molecule has 3 aliphatic rings. The molecule has 3 fully saturated rings. The molecule has 0 bridgehead atoms. The standard InChI is InChI=1S/C43H49BrFN10O4P/c1-52-26-27(24-47-52)32-22-36(49-43-46-25-33(44)41(51-43)48-35-7-5-6-8-39(35)60(3,4)58)38(59-2)23-37(32)55-15-13-28(14-16-55)53-17-19-54(20-18-53)29-9-10-30(34(45)21-29)31-11-12-40(56)50-42(31)57/h5-10,21-26,28,31H,11-20H2,1-4H3,(H,50,56,57)(H2,46,48,49,51). The number of carbonyl (C=O) groups is 2. The average Bonchev–Trinajstić information content (AvgIpc) is 3.68. The number of anilines is 6. The van der Waals surface area contributed by atoms with Crippen molar-refractivity contribution in [3.8, 4) is 16.9 Å². The fourth-order valence-electron chi connectivity index (χ4n) is 8.50. The van der Waals surface area contributed by atoms with Crippen LogP contribution >= 0.6 is 23.1 Å². The summed E-state index contributed by atoms with van der Waals surface area (Å²) in [7, 11) is 0.997. The second kappa shape index (κ2) is 17.3. The summed E-state index contributed by atoms with van der Waals surface area (Å²) in [5, 5.41) is 14.3. The third kappa shape index (κ3) is 8.91. The summed E-state index contributed by atoms with van der Waals surface area (Å²) in [6, 6.07) is 17.2. The van der Waals surface area contributed by atoms with E-state index in [1.807, 2.05) is 49.8 Å². The van der Waals surface area contributed by atoms with E-state index < -0.39 is 24.8 Å². The van der Waals surface area contributed by atoms with Gasteiger partial charge in [0.15, 0.2) is 0 Å². The van der Waals surface area contributed by atoms with Crippen molar-refractivity contribution in [1.82, 2.24) is 30.0 Å². The number of halogens is 2. The predicted molar refractivity (Wildman–Crippen MR) is 238 cm³/mol. The van der Waals surface area contributed by atoms with Crippen molar-refractivity contribution in [2.45, 2.75) is 37.6 Å². The number of aryl methyl sites for hydroxylation is 1. The van der Waals surface area contributed by atoms with Crippen molar-refractivity contribution in [3.63, 3.8) is 0 Å². The number of methoxy groups -OCH3 is 1. The summed E-state index contributed by atoms with van der Waals surface area (Å²) in [6.07, 6.45) is 8.06. The van der Waals surface area contributed by atoms with Crippen molar-refractivity contribution < 1.29 is 23.3 Å². The van der Waals surface area contributed by atoms with E-state index in [4.69, 9.17) is 9.72 Å². The number of hydrogen-bond acceptors (Lipinski definition) is 12. The fraction of sp³-hybridized carbons (Fsp3) is 0.372. The molecule has 0 spiro atoms. The summed E-state index contributed by atoms with van der Waals surface area (Å²) in [5.41, 5.74) is 5.58. The van der Waals surface area contributed by atoms with Crippen molar-refractivity contribution in [2.24, 2.45) is 7.05 Å². The molecule has 314 valence electrons. The van der Waals surface area contributed by atoms with Gasteiger partial charge in [-0.2, -0.15) is 10.1 Å². The van der Waals surface area contributed by atoms with Crippen molar-refractivity contribution in [2.75, 3.05) is 80.1 Å². The number of ether oxygens (including phenoxy) is 1. The van der Waals surface area contributed by atoms with Crippen molar-refractivity contribution in [1.29, 1.82) is 0 Å². The number of nitrogens with one attached hydrogen (secondary N) is 3. The molecule has 3 aromatic carbocycles. The predicted octanol–water partition coefficient (Wildman–Crippen LogP) is 6.83. The topological polar surface area (TPSA) is 150 Å². The summed E-state index contributed by atoms with van der Waals surface area (Å²) in [5.74, 6) is -0.270. The molecule has 0 saturated carbocycles. The molecule has 17 heteroatoms. The van der Waals surface area contributed by atoms with Crippen LogP contribution in [-0.2, 0) is 21.2 Å². The molecule has 0 radical (unpaired) electrons. The number of aromatic nitrogens is 4. The first-order valence-electron chi connectivity index (χ1n) is 20.1. The van der Waals surface area contributed by atoms with Gasteiger partial charge in [0.25, 0.3) is 0 Å². The van der Waals surface area contributed by atoms with E-state index in [1.54, 1.807) is 37.4 Å². The molecule has 5 aromatic rings. The highest BCUT2D eigenvalue weighted by atomic mass is 79.9. The van der Waals surface area contributed by atoms with Crippen LogP contribution < -0.4 is 35.8 Å².